The van der Waals surface area contributed by atoms with E-state index in [1.807, 2.05) is 0 Å². The molecule has 0 heterocycles. The van der Waals surface area contributed by atoms with Gasteiger partial charge in [0.25, 0.3) is 0 Å². The van der Waals surface area contributed by atoms with Gasteiger partial charge in [0.15, 0.2) is 0 Å². The van der Waals surface area contributed by atoms with Crippen molar-refractivity contribution in [3.05, 3.63) is 23.8 Å². The van der Waals surface area contributed by atoms with Gasteiger partial charge in [-0.1, -0.05) is 57.4 Å². The quantitative estimate of drug-likeness (QED) is 0.542. The van der Waals surface area contributed by atoms with Crippen LogP contribution in [0.1, 0.15) is 47.0 Å². The summed E-state index contributed by atoms with van der Waals surface area (Å²) in [5.74, 6) is 2.41. The Bertz CT molecular complexity index is 293. The maximum Gasteiger partial charge on any atom is -0.0111 e. The zero-order chi connectivity index (χ0) is 11.1. The molecule has 0 amide bonds. The first kappa shape index (κ1) is 11.0. The van der Waals surface area contributed by atoms with E-state index in [4.69, 9.17) is 0 Å². The second-order valence-electron chi connectivity index (χ2n) is 6.23. The minimum Gasteiger partial charge on any atom is -0.0803 e. The summed E-state index contributed by atoms with van der Waals surface area (Å²) >= 11 is 0. The van der Waals surface area contributed by atoms with Crippen LogP contribution in [0.2, 0.25) is 0 Å². The molecule has 15 heavy (non-hydrogen) atoms. The first-order valence-corrected chi connectivity index (χ1v) is 6.37. The minimum absolute atomic E-state index is 0.488. The highest BCUT2D eigenvalue weighted by Gasteiger charge is 2.38. The maximum atomic E-state index is 2.52. The van der Waals surface area contributed by atoms with Gasteiger partial charge >= 0.3 is 0 Å². The molecule has 0 aromatic carbocycles. The van der Waals surface area contributed by atoms with Crippen LogP contribution in [-0.2, 0) is 0 Å². The van der Waals surface area contributed by atoms with Crippen LogP contribution in [0, 0.1) is 23.2 Å². The summed E-state index contributed by atoms with van der Waals surface area (Å²) in [4.78, 5) is 0. The van der Waals surface area contributed by atoms with Crippen LogP contribution in [0.5, 0.6) is 0 Å². The molecule has 0 radical (unpaired) electrons. The first-order valence-electron chi connectivity index (χ1n) is 6.37. The van der Waals surface area contributed by atoms with Gasteiger partial charge in [0.1, 0.15) is 0 Å². The highest BCUT2D eigenvalue weighted by Crippen LogP contribution is 2.47. The minimum atomic E-state index is 0.488. The molecule has 0 aromatic heterocycles. The van der Waals surface area contributed by atoms with Crippen molar-refractivity contribution < 1.29 is 0 Å². The number of fused-ring (bicyclic) bond motifs is 1. The molecule has 2 aliphatic carbocycles. The molecule has 0 aliphatic heterocycles. The molecule has 2 aliphatic rings. The van der Waals surface area contributed by atoms with Gasteiger partial charge in [-0.05, 0) is 36.5 Å². The standard InChI is InChI=1S/C15H24/c1-11-7-8-13-12(2)6-5-9-15(3,4)14(13)10-11/h7-8,10,12-14H,5-6,9H2,1-4H3/t12?,13-,14-/m0/s1. The fraction of sp³-hybridized carbons (Fsp3) is 0.733. The lowest BCUT2D eigenvalue weighted by Gasteiger charge is -2.38. The third-order valence-corrected chi connectivity index (χ3v) is 4.48. The third-order valence-electron chi connectivity index (χ3n) is 4.48. The summed E-state index contributed by atoms with van der Waals surface area (Å²) in [6, 6.07) is 0. The fourth-order valence-corrected chi connectivity index (χ4v) is 3.36. The Hall–Kier alpha value is -0.520. The van der Waals surface area contributed by atoms with Crippen LogP contribution in [0.25, 0.3) is 0 Å². The van der Waals surface area contributed by atoms with Crippen molar-refractivity contribution in [1.82, 2.24) is 0 Å². The highest BCUT2D eigenvalue weighted by molar-refractivity contribution is 5.25. The third kappa shape index (κ3) is 2.04. The van der Waals surface area contributed by atoms with Crippen molar-refractivity contribution >= 4 is 0 Å². The number of hydrogen-bond donors (Lipinski definition) is 0. The van der Waals surface area contributed by atoms with Gasteiger partial charge in [-0.2, -0.15) is 0 Å². The zero-order valence-electron chi connectivity index (χ0n) is 10.6. The van der Waals surface area contributed by atoms with E-state index in [0.717, 1.165) is 17.8 Å². The molecule has 0 aromatic rings. The van der Waals surface area contributed by atoms with Crippen molar-refractivity contribution in [3.63, 3.8) is 0 Å². The van der Waals surface area contributed by atoms with E-state index in [-0.39, 0.29) is 0 Å². The summed E-state index contributed by atoms with van der Waals surface area (Å²) in [6.07, 6.45) is 11.5. The van der Waals surface area contributed by atoms with E-state index in [1.165, 1.54) is 24.8 Å². The van der Waals surface area contributed by atoms with E-state index in [2.05, 4.69) is 45.9 Å². The van der Waals surface area contributed by atoms with E-state index < -0.39 is 0 Å². The molecule has 84 valence electrons. The Morgan fingerprint density at radius 3 is 2.80 bits per heavy atom. The predicted molar refractivity (Wildman–Crippen MR) is 66.7 cm³/mol. The molecule has 1 saturated carbocycles. The van der Waals surface area contributed by atoms with Gasteiger partial charge in [0, 0.05) is 0 Å². The lowest BCUT2D eigenvalue weighted by Crippen LogP contribution is -2.30. The van der Waals surface area contributed by atoms with Gasteiger partial charge < -0.3 is 0 Å². The number of hydrogen-bond acceptors (Lipinski definition) is 0. The summed E-state index contributed by atoms with van der Waals surface area (Å²) in [5.41, 5.74) is 1.94. The highest BCUT2D eigenvalue weighted by atomic mass is 14.4. The lowest BCUT2D eigenvalue weighted by atomic mass is 9.66. The SMILES string of the molecule is CC1=C[C@H]2[C@@H](C=C1)C(C)CCCC2(C)C. The molecule has 1 fully saturated rings. The Morgan fingerprint density at radius 2 is 2.07 bits per heavy atom. The Balaban J connectivity index is 2.33. The van der Waals surface area contributed by atoms with Crippen LogP contribution in [0.3, 0.4) is 0 Å². The molecule has 0 spiro atoms. The molecule has 2 rings (SSSR count). The molecule has 0 saturated heterocycles. The van der Waals surface area contributed by atoms with Crippen LogP contribution in [0.4, 0.5) is 0 Å². The topological polar surface area (TPSA) is 0 Å². The van der Waals surface area contributed by atoms with Crippen molar-refractivity contribution in [2.75, 3.05) is 0 Å². The van der Waals surface area contributed by atoms with Gasteiger partial charge in [-0.25, -0.2) is 0 Å². The van der Waals surface area contributed by atoms with Crippen molar-refractivity contribution in [1.29, 1.82) is 0 Å². The van der Waals surface area contributed by atoms with E-state index in [1.54, 1.807) is 0 Å². The Kier molecular flexibility index (Phi) is 2.79. The number of rotatable bonds is 0. The summed E-state index contributed by atoms with van der Waals surface area (Å²) in [7, 11) is 0. The first-order chi connectivity index (χ1) is 7.00. The largest absolute Gasteiger partial charge is 0.0803 e. The Labute approximate surface area is 94.5 Å². The van der Waals surface area contributed by atoms with E-state index >= 15 is 0 Å². The fourth-order valence-electron chi connectivity index (χ4n) is 3.36. The van der Waals surface area contributed by atoms with Crippen molar-refractivity contribution in [2.24, 2.45) is 23.2 Å². The molecule has 0 N–H and O–H groups in total. The molecule has 1 unspecified atom stereocenters. The van der Waals surface area contributed by atoms with Gasteiger partial charge in [0.2, 0.25) is 0 Å². The van der Waals surface area contributed by atoms with Crippen LogP contribution in [0.15, 0.2) is 23.8 Å². The monoisotopic (exact) mass is 204 g/mol. The lowest BCUT2D eigenvalue weighted by molar-refractivity contribution is 0.188. The maximum absolute atomic E-state index is 2.52. The molecule has 3 atom stereocenters. The van der Waals surface area contributed by atoms with Gasteiger partial charge in [-0.15, -0.1) is 0 Å². The summed E-state index contributed by atoms with van der Waals surface area (Å²) in [5, 5.41) is 0. The van der Waals surface area contributed by atoms with E-state index in [0.29, 0.717) is 5.41 Å². The number of allylic oxidation sites excluding steroid dienone is 4. The second-order valence-corrected chi connectivity index (χ2v) is 6.23. The molecular formula is C15H24. The zero-order valence-corrected chi connectivity index (χ0v) is 10.6. The average molecular weight is 204 g/mol. The smallest absolute Gasteiger partial charge is 0.0111 e. The molecule has 0 heteroatoms. The average Bonchev–Trinajstić information content (AvgIpc) is 2.26. The summed E-state index contributed by atoms with van der Waals surface area (Å²) < 4.78 is 0. The summed E-state index contributed by atoms with van der Waals surface area (Å²) in [6.45, 7) is 9.56. The van der Waals surface area contributed by atoms with Gasteiger partial charge in [0.05, 0.1) is 0 Å². The van der Waals surface area contributed by atoms with E-state index in [9.17, 15) is 0 Å². The van der Waals surface area contributed by atoms with Crippen LogP contribution < -0.4 is 0 Å². The molecule has 0 bridgehead atoms. The van der Waals surface area contributed by atoms with Crippen LogP contribution in [-0.4, -0.2) is 0 Å². The second kappa shape index (κ2) is 3.81. The predicted octanol–water partition coefficient (Wildman–Crippen LogP) is 4.58. The molecular weight excluding hydrogens is 180 g/mol. The Morgan fingerprint density at radius 1 is 1.33 bits per heavy atom. The molecule has 0 nitrogen and oxygen atoms in total. The van der Waals surface area contributed by atoms with Gasteiger partial charge in [-0.3, -0.25) is 0 Å². The van der Waals surface area contributed by atoms with Crippen LogP contribution >= 0.6 is 0 Å². The normalized spacial score (nSPS) is 39.2. The van der Waals surface area contributed by atoms with Crippen molar-refractivity contribution in [2.45, 2.75) is 47.0 Å². The van der Waals surface area contributed by atoms with Crippen molar-refractivity contribution in [3.8, 4) is 0 Å².